The topological polar surface area (TPSA) is 83.6 Å². The molecule has 1 unspecified atom stereocenters. The number of nitrogens with zero attached hydrogens (tertiary/aromatic N) is 2. The smallest absolute Gasteiger partial charge is 0.255 e. The van der Waals surface area contributed by atoms with Gasteiger partial charge in [-0.15, -0.1) is 0 Å². The zero-order valence-corrected chi connectivity index (χ0v) is 18.6. The van der Waals surface area contributed by atoms with Gasteiger partial charge < -0.3 is 20.3 Å². The summed E-state index contributed by atoms with van der Waals surface area (Å²) < 4.78 is 20.4. The van der Waals surface area contributed by atoms with Gasteiger partial charge >= 0.3 is 0 Å². The minimum Gasteiger partial charge on any atom is -0.378 e. The Morgan fingerprint density at radius 3 is 2.79 bits per heavy atom. The standard InChI is InChI=1S/C26H25FN4O3/c27-20-13-19-22(29-21-4-2-1-3-17(21)24(19)32)14-18(20)25(33)30-26(7-8-26)16-5-6-23(28-15-16)31-9-11-34-12-10-31/h1-3,5-6,13-15,21,29H,4,7-12H2,(H,30,33). The Kier molecular flexibility index (Phi) is 4.99. The van der Waals surface area contributed by atoms with E-state index in [1.807, 2.05) is 24.3 Å². The molecule has 1 atom stereocenters. The first-order valence-electron chi connectivity index (χ1n) is 11.7. The van der Waals surface area contributed by atoms with Crippen LogP contribution >= 0.6 is 0 Å². The van der Waals surface area contributed by atoms with E-state index in [-0.39, 0.29) is 23.0 Å². The van der Waals surface area contributed by atoms with Crippen LogP contribution in [0.4, 0.5) is 15.9 Å². The molecule has 1 saturated heterocycles. The van der Waals surface area contributed by atoms with E-state index in [4.69, 9.17) is 4.74 Å². The van der Waals surface area contributed by atoms with Crippen LogP contribution in [0.25, 0.3) is 0 Å². The van der Waals surface area contributed by atoms with Gasteiger partial charge in [-0.1, -0.05) is 24.3 Å². The Morgan fingerprint density at radius 1 is 1.24 bits per heavy atom. The second-order valence-electron chi connectivity index (χ2n) is 9.23. The molecule has 1 aromatic heterocycles. The van der Waals surface area contributed by atoms with Crippen molar-refractivity contribution >= 4 is 23.2 Å². The quantitative estimate of drug-likeness (QED) is 0.728. The molecule has 2 fully saturated rings. The van der Waals surface area contributed by atoms with Gasteiger partial charge in [-0.05, 0) is 43.0 Å². The van der Waals surface area contributed by atoms with Crippen LogP contribution in [0.2, 0.25) is 0 Å². The van der Waals surface area contributed by atoms with Gasteiger partial charge in [0, 0.05) is 36.1 Å². The molecular weight excluding hydrogens is 435 g/mol. The Balaban J connectivity index is 1.22. The molecule has 6 rings (SSSR count). The minimum atomic E-state index is -0.701. The molecule has 2 aromatic rings. The summed E-state index contributed by atoms with van der Waals surface area (Å²) in [5, 5.41) is 6.32. The van der Waals surface area contributed by atoms with Crippen LogP contribution in [0.5, 0.6) is 0 Å². The number of hydrogen-bond acceptors (Lipinski definition) is 6. The van der Waals surface area contributed by atoms with Crippen LogP contribution in [-0.2, 0) is 10.3 Å². The van der Waals surface area contributed by atoms with Crippen molar-refractivity contribution in [3.63, 3.8) is 0 Å². The van der Waals surface area contributed by atoms with Crippen LogP contribution in [-0.4, -0.2) is 49.0 Å². The van der Waals surface area contributed by atoms with Crippen molar-refractivity contribution in [2.45, 2.75) is 30.8 Å². The fraction of sp³-hybridized carbons (Fsp3) is 0.346. The van der Waals surface area contributed by atoms with Gasteiger partial charge in [-0.25, -0.2) is 9.37 Å². The van der Waals surface area contributed by atoms with Crippen LogP contribution < -0.4 is 15.5 Å². The highest BCUT2D eigenvalue weighted by molar-refractivity contribution is 6.16. The molecule has 2 N–H and O–H groups in total. The van der Waals surface area contributed by atoms with Crippen molar-refractivity contribution in [2.24, 2.45) is 0 Å². The molecule has 34 heavy (non-hydrogen) atoms. The number of nitrogens with one attached hydrogen (secondary N) is 2. The Hall–Kier alpha value is -3.52. The number of ether oxygens (including phenoxy) is 1. The van der Waals surface area contributed by atoms with Gasteiger partial charge in [-0.2, -0.15) is 0 Å². The lowest BCUT2D eigenvalue weighted by atomic mass is 9.86. The normalized spacial score (nSPS) is 22.3. The van der Waals surface area contributed by atoms with Crippen LogP contribution in [0, 0.1) is 5.82 Å². The number of benzene rings is 1. The number of ketones is 1. The number of rotatable bonds is 4. The first-order valence-corrected chi connectivity index (χ1v) is 11.7. The second-order valence-corrected chi connectivity index (χ2v) is 9.23. The van der Waals surface area contributed by atoms with E-state index in [9.17, 15) is 14.0 Å². The highest BCUT2D eigenvalue weighted by atomic mass is 19.1. The number of morpholine rings is 1. The van der Waals surface area contributed by atoms with Gasteiger partial charge in [0.25, 0.3) is 5.91 Å². The van der Waals surface area contributed by atoms with Crippen LogP contribution in [0.1, 0.15) is 45.5 Å². The zero-order chi connectivity index (χ0) is 23.3. The molecule has 1 amide bonds. The molecule has 2 aliphatic heterocycles. The average molecular weight is 461 g/mol. The fourth-order valence-electron chi connectivity index (χ4n) is 4.94. The van der Waals surface area contributed by atoms with Crippen molar-refractivity contribution in [3.05, 3.63) is 76.8 Å². The minimum absolute atomic E-state index is 0.0676. The Labute approximate surface area is 196 Å². The molecule has 0 spiro atoms. The molecule has 1 aromatic carbocycles. The summed E-state index contributed by atoms with van der Waals surface area (Å²) in [5.41, 5.74) is 1.68. The highest BCUT2D eigenvalue weighted by Gasteiger charge is 2.46. The lowest BCUT2D eigenvalue weighted by molar-refractivity contribution is 0.0924. The number of anilines is 2. The van der Waals surface area contributed by atoms with E-state index in [0.29, 0.717) is 30.9 Å². The summed E-state index contributed by atoms with van der Waals surface area (Å²) in [4.78, 5) is 32.7. The lowest BCUT2D eigenvalue weighted by Gasteiger charge is -2.30. The fourth-order valence-corrected chi connectivity index (χ4v) is 4.94. The first kappa shape index (κ1) is 21.0. The Bertz CT molecular complexity index is 1230. The van der Waals surface area contributed by atoms with Gasteiger partial charge in [0.2, 0.25) is 0 Å². The molecular formula is C26H25FN4O3. The van der Waals surface area contributed by atoms with E-state index < -0.39 is 17.3 Å². The van der Waals surface area contributed by atoms with Crippen molar-refractivity contribution in [1.29, 1.82) is 0 Å². The maximum atomic E-state index is 15.0. The third-order valence-electron chi connectivity index (χ3n) is 7.09. The molecule has 2 aliphatic carbocycles. The van der Waals surface area contributed by atoms with E-state index >= 15 is 0 Å². The Morgan fingerprint density at radius 2 is 2.06 bits per heavy atom. The first-order chi connectivity index (χ1) is 16.5. The van der Waals surface area contributed by atoms with E-state index in [1.54, 1.807) is 12.3 Å². The van der Waals surface area contributed by atoms with Gasteiger partial charge in [0.15, 0.2) is 5.78 Å². The molecule has 4 aliphatic rings. The maximum Gasteiger partial charge on any atom is 0.255 e. The second kappa shape index (κ2) is 8.06. The molecule has 0 bridgehead atoms. The number of aromatic nitrogens is 1. The number of fused-ring (bicyclic) bond motifs is 2. The third-order valence-corrected chi connectivity index (χ3v) is 7.09. The predicted octanol–water partition coefficient (Wildman–Crippen LogP) is 3.34. The van der Waals surface area contributed by atoms with E-state index in [0.717, 1.165) is 37.3 Å². The zero-order valence-electron chi connectivity index (χ0n) is 18.6. The van der Waals surface area contributed by atoms with Gasteiger partial charge in [0.05, 0.1) is 30.4 Å². The lowest BCUT2D eigenvalue weighted by Crippen LogP contribution is -2.37. The number of carbonyl (C=O) groups excluding carboxylic acids is 2. The molecule has 7 nitrogen and oxygen atoms in total. The number of pyridine rings is 1. The number of hydrogen-bond donors (Lipinski definition) is 2. The van der Waals surface area contributed by atoms with Crippen molar-refractivity contribution in [1.82, 2.24) is 10.3 Å². The number of allylic oxidation sites excluding steroid dienone is 2. The molecule has 3 heterocycles. The van der Waals surface area contributed by atoms with Crippen molar-refractivity contribution in [3.8, 4) is 0 Å². The number of amides is 1. The number of Topliss-reactive ketones (excluding diaryl/α,β-unsaturated/α-hetero) is 1. The average Bonchev–Trinajstić information content (AvgIpc) is 3.65. The summed E-state index contributed by atoms with van der Waals surface area (Å²) in [6.07, 6.45) is 9.59. The summed E-state index contributed by atoms with van der Waals surface area (Å²) in [5.74, 6) is -0.502. The van der Waals surface area contributed by atoms with Crippen LogP contribution in [0.15, 0.2) is 54.3 Å². The predicted molar refractivity (Wildman–Crippen MR) is 126 cm³/mol. The van der Waals surface area contributed by atoms with Crippen molar-refractivity contribution in [2.75, 3.05) is 36.5 Å². The molecule has 174 valence electrons. The van der Waals surface area contributed by atoms with Crippen LogP contribution in [0.3, 0.4) is 0 Å². The summed E-state index contributed by atoms with van der Waals surface area (Å²) >= 11 is 0. The third kappa shape index (κ3) is 3.58. The van der Waals surface area contributed by atoms with Gasteiger partial charge in [0.1, 0.15) is 11.6 Å². The van der Waals surface area contributed by atoms with Gasteiger partial charge in [-0.3, -0.25) is 9.59 Å². The molecule has 0 radical (unpaired) electrons. The number of halogens is 1. The monoisotopic (exact) mass is 460 g/mol. The van der Waals surface area contributed by atoms with E-state index in [1.165, 1.54) is 12.1 Å². The SMILES string of the molecule is O=C(NC1(c2ccc(N3CCOCC3)nc2)CC1)c1cc2c(cc1F)C(=O)C1=CC=CCC1N2. The summed E-state index contributed by atoms with van der Waals surface area (Å²) in [7, 11) is 0. The summed E-state index contributed by atoms with van der Waals surface area (Å²) in [6, 6.07) is 6.43. The maximum absolute atomic E-state index is 15.0. The highest BCUT2D eigenvalue weighted by Crippen LogP contribution is 2.46. The largest absolute Gasteiger partial charge is 0.378 e. The van der Waals surface area contributed by atoms with Crippen molar-refractivity contribution < 1.29 is 18.7 Å². The van der Waals surface area contributed by atoms with E-state index in [2.05, 4.69) is 20.5 Å². The number of carbonyl (C=O) groups is 2. The molecule has 8 heteroatoms. The summed E-state index contributed by atoms with van der Waals surface area (Å²) in [6.45, 7) is 2.98. The molecule has 1 saturated carbocycles.